The normalized spacial score (nSPS) is 17.7. The molecule has 7 nitrogen and oxygen atoms in total. The summed E-state index contributed by atoms with van der Waals surface area (Å²) in [6, 6.07) is 12.6. The Hall–Kier alpha value is -2.97. The number of nitrogens with one attached hydrogen (secondary N) is 1. The molecule has 3 aromatic rings. The van der Waals surface area contributed by atoms with Gasteiger partial charge in [-0.2, -0.15) is 0 Å². The van der Waals surface area contributed by atoms with Crippen LogP contribution in [0.2, 0.25) is 0 Å². The maximum absolute atomic E-state index is 13.5. The number of benzene rings is 2. The van der Waals surface area contributed by atoms with Crippen molar-refractivity contribution in [3.8, 4) is 0 Å². The molecule has 1 N–H and O–H groups in total. The Labute approximate surface area is 220 Å². The lowest BCUT2D eigenvalue weighted by Crippen LogP contribution is -2.32. The van der Waals surface area contributed by atoms with Gasteiger partial charge < -0.3 is 9.47 Å². The minimum Gasteiger partial charge on any atom is -0.337 e. The summed E-state index contributed by atoms with van der Waals surface area (Å²) in [7, 11) is -1.73. The molecular weight excluding hydrogens is 484 g/mol. The van der Waals surface area contributed by atoms with E-state index >= 15 is 0 Å². The third-order valence-corrected chi connectivity index (χ3v) is 9.40. The third kappa shape index (κ3) is 5.80. The van der Waals surface area contributed by atoms with Crippen molar-refractivity contribution in [1.82, 2.24) is 14.3 Å². The van der Waals surface area contributed by atoms with Crippen LogP contribution in [0.25, 0.3) is 0 Å². The highest BCUT2D eigenvalue weighted by Gasteiger charge is 2.29. The van der Waals surface area contributed by atoms with E-state index in [9.17, 15) is 13.2 Å². The zero-order valence-corrected chi connectivity index (χ0v) is 22.5. The van der Waals surface area contributed by atoms with Crippen LogP contribution in [0.1, 0.15) is 73.5 Å². The van der Waals surface area contributed by atoms with Crippen molar-refractivity contribution in [1.29, 1.82) is 0 Å². The first-order valence-corrected chi connectivity index (χ1v) is 14.8. The van der Waals surface area contributed by atoms with Gasteiger partial charge in [-0.05, 0) is 67.5 Å². The van der Waals surface area contributed by atoms with E-state index in [1.807, 2.05) is 60.0 Å². The standard InChI is InChI=1S/C29H36N4O3S/c1-21-7-13-25(14-8-21)37(35,36)31-27-15-11-23-10-12-24(19-26(23)27)33(20-28-30-17-18-32(28)2)29(34)16-9-22-5-3-4-6-22/h7-8,10,12-14,17-19,22,27,31H,3-6,9,11,15-16,20H2,1-2H3. The Morgan fingerprint density at radius 1 is 1.11 bits per heavy atom. The monoisotopic (exact) mass is 520 g/mol. The number of imidazole rings is 1. The van der Waals surface area contributed by atoms with Crippen LogP contribution in [-0.2, 0) is 34.8 Å². The van der Waals surface area contributed by atoms with Crippen molar-refractivity contribution in [3.63, 3.8) is 0 Å². The highest BCUT2D eigenvalue weighted by molar-refractivity contribution is 7.89. The van der Waals surface area contributed by atoms with E-state index in [0.717, 1.165) is 41.0 Å². The molecule has 8 heteroatoms. The molecule has 1 heterocycles. The van der Waals surface area contributed by atoms with Gasteiger partial charge in [-0.15, -0.1) is 0 Å². The number of carbonyl (C=O) groups excluding carboxylic acids is 1. The number of amides is 1. The third-order valence-electron chi connectivity index (χ3n) is 7.91. The molecule has 1 saturated carbocycles. The number of hydrogen-bond donors (Lipinski definition) is 1. The number of sulfonamides is 1. The fourth-order valence-electron chi connectivity index (χ4n) is 5.63. The van der Waals surface area contributed by atoms with Crippen LogP contribution in [0.4, 0.5) is 5.69 Å². The number of hydrogen-bond acceptors (Lipinski definition) is 4. The first-order chi connectivity index (χ1) is 17.8. The van der Waals surface area contributed by atoms with Gasteiger partial charge in [-0.25, -0.2) is 18.1 Å². The molecule has 1 atom stereocenters. The van der Waals surface area contributed by atoms with Crippen molar-refractivity contribution in [3.05, 3.63) is 77.4 Å². The van der Waals surface area contributed by atoms with Gasteiger partial charge in [0.2, 0.25) is 15.9 Å². The molecule has 2 aliphatic rings. The number of nitrogens with zero attached hydrogens (tertiary/aromatic N) is 3. The Morgan fingerprint density at radius 2 is 1.86 bits per heavy atom. The second kappa shape index (κ2) is 10.8. The SMILES string of the molecule is Cc1ccc(S(=O)(=O)NC2CCc3ccc(N(Cc4nccn4C)C(=O)CCC4CCCC4)cc32)cc1. The largest absolute Gasteiger partial charge is 0.337 e. The van der Waals surface area contributed by atoms with Crippen LogP contribution in [0.5, 0.6) is 0 Å². The highest BCUT2D eigenvalue weighted by Crippen LogP contribution is 2.36. The first kappa shape index (κ1) is 25.7. The molecule has 1 aromatic heterocycles. The number of rotatable bonds is 9. The van der Waals surface area contributed by atoms with E-state index < -0.39 is 10.0 Å². The average molecular weight is 521 g/mol. The Bertz CT molecular complexity index is 1360. The number of aromatic nitrogens is 2. The van der Waals surface area contributed by atoms with Crippen molar-refractivity contribution >= 4 is 21.6 Å². The zero-order chi connectivity index (χ0) is 26.0. The van der Waals surface area contributed by atoms with Gasteiger partial charge in [0.25, 0.3) is 0 Å². The smallest absolute Gasteiger partial charge is 0.241 e. The van der Waals surface area contributed by atoms with E-state index in [-0.39, 0.29) is 16.8 Å². The van der Waals surface area contributed by atoms with Gasteiger partial charge >= 0.3 is 0 Å². The first-order valence-electron chi connectivity index (χ1n) is 13.3. The van der Waals surface area contributed by atoms with Gasteiger partial charge in [0, 0.05) is 37.6 Å². The molecule has 0 aliphatic heterocycles. The molecule has 196 valence electrons. The Balaban J connectivity index is 1.39. The minimum absolute atomic E-state index is 0.0876. The van der Waals surface area contributed by atoms with E-state index in [4.69, 9.17) is 0 Å². The lowest BCUT2D eigenvalue weighted by Gasteiger charge is -2.25. The van der Waals surface area contributed by atoms with Crippen LogP contribution in [0.15, 0.2) is 59.8 Å². The Kier molecular flexibility index (Phi) is 7.49. The summed E-state index contributed by atoms with van der Waals surface area (Å²) >= 11 is 0. The summed E-state index contributed by atoms with van der Waals surface area (Å²) in [4.78, 5) is 20.1. The number of anilines is 1. The van der Waals surface area contributed by atoms with Crippen LogP contribution in [0, 0.1) is 12.8 Å². The predicted octanol–water partition coefficient (Wildman–Crippen LogP) is 5.20. The molecule has 5 rings (SSSR count). The van der Waals surface area contributed by atoms with Crippen molar-refractivity contribution < 1.29 is 13.2 Å². The van der Waals surface area contributed by atoms with Crippen molar-refractivity contribution in [2.75, 3.05) is 4.90 Å². The Morgan fingerprint density at radius 3 is 2.57 bits per heavy atom. The molecule has 37 heavy (non-hydrogen) atoms. The molecule has 0 bridgehead atoms. The number of carbonyl (C=O) groups is 1. The van der Waals surface area contributed by atoms with E-state index in [0.29, 0.717) is 25.3 Å². The number of aryl methyl sites for hydroxylation is 3. The quantitative estimate of drug-likeness (QED) is 0.420. The van der Waals surface area contributed by atoms with Gasteiger partial charge in [-0.3, -0.25) is 4.79 Å². The summed E-state index contributed by atoms with van der Waals surface area (Å²) in [6.45, 7) is 2.32. The van der Waals surface area contributed by atoms with E-state index in [2.05, 4.69) is 9.71 Å². The summed E-state index contributed by atoms with van der Waals surface area (Å²) in [6.07, 6.45) is 11.5. The van der Waals surface area contributed by atoms with Crippen LogP contribution >= 0.6 is 0 Å². The van der Waals surface area contributed by atoms with Gasteiger partial charge in [0.05, 0.1) is 11.4 Å². The maximum atomic E-state index is 13.5. The van der Waals surface area contributed by atoms with E-state index in [1.165, 1.54) is 25.7 Å². The predicted molar refractivity (Wildman–Crippen MR) is 145 cm³/mol. The summed E-state index contributed by atoms with van der Waals surface area (Å²) < 4.78 is 31.1. The van der Waals surface area contributed by atoms with Crippen molar-refractivity contribution in [2.45, 2.75) is 75.8 Å². The van der Waals surface area contributed by atoms with Gasteiger partial charge in [-0.1, -0.05) is 49.4 Å². The topological polar surface area (TPSA) is 84.3 Å². The minimum atomic E-state index is -3.66. The maximum Gasteiger partial charge on any atom is 0.241 e. The van der Waals surface area contributed by atoms with Crippen LogP contribution in [0.3, 0.4) is 0 Å². The van der Waals surface area contributed by atoms with E-state index in [1.54, 1.807) is 18.3 Å². The summed E-state index contributed by atoms with van der Waals surface area (Å²) in [5.41, 5.74) is 3.87. The van der Waals surface area contributed by atoms with Crippen LogP contribution in [-0.4, -0.2) is 23.9 Å². The molecule has 1 amide bonds. The summed E-state index contributed by atoms with van der Waals surface area (Å²) in [5, 5.41) is 0. The lowest BCUT2D eigenvalue weighted by molar-refractivity contribution is -0.119. The molecule has 1 unspecified atom stereocenters. The van der Waals surface area contributed by atoms with Crippen molar-refractivity contribution in [2.24, 2.45) is 13.0 Å². The lowest BCUT2D eigenvalue weighted by atomic mass is 10.0. The summed E-state index contributed by atoms with van der Waals surface area (Å²) in [5.74, 6) is 1.54. The fraction of sp³-hybridized carbons (Fsp3) is 0.448. The molecule has 0 spiro atoms. The second-order valence-electron chi connectivity index (χ2n) is 10.5. The number of fused-ring (bicyclic) bond motifs is 1. The highest BCUT2D eigenvalue weighted by atomic mass is 32.2. The molecule has 2 aromatic carbocycles. The van der Waals surface area contributed by atoms with Gasteiger partial charge in [0.1, 0.15) is 5.82 Å². The van der Waals surface area contributed by atoms with Gasteiger partial charge in [0.15, 0.2) is 0 Å². The zero-order valence-electron chi connectivity index (χ0n) is 21.7. The molecule has 0 radical (unpaired) electrons. The molecule has 2 aliphatic carbocycles. The molecular formula is C29H36N4O3S. The van der Waals surface area contributed by atoms with Crippen LogP contribution < -0.4 is 9.62 Å². The molecule has 1 fully saturated rings. The second-order valence-corrected chi connectivity index (χ2v) is 12.2. The molecule has 0 saturated heterocycles. The average Bonchev–Trinajstić information content (AvgIpc) is 3.63. The fourth-order valence-corrected chi connectivity index (χ4v) is 6.88.